The minimum absolute atomic E-state index is 0.0163. The van der Waals surface area contributed by atoms with Gasteiger partial charge in [0.2, 0.25) is 6.29 Å². The second kappa shape index (κ2) is 6.52. The summed E-state index contributed by atoms with van der Waals surface area (Å²) in [7, 11) is 0. The Kier molecular flexibility index (Phi) is 6.09. The van der Waals surface area contributed by atoms with Gasteiger partial charge in [0.15, 0.2) is 0 Å². The molecule has 0 spiro atoms. The molecule has 1 atom stereocenters. The highest BCUT2D eigenvalue weighted by molar-refractivity contribution is 5.97. The molecule has 0 fully saturated rings. The van der Waals surface area contributed by atoms with Gasteiger partial charge in [-0.3, -0.25) is 9.59 Å². The van der Waals surface area contributed by atoms with Crippen molar-refractivity contribution in [3.8, 4) is 0 Å². The van der Waals surface area contributed by atoms with Crippen LogP contribution in [0.25, 0.3) is 0 Å². The van der Waals surface area contributed by atoms with E-state index in [1.54, 1.807) is 13.8 Å². The Morgan fingerprint density at radius 1 is 1.36 bits per heavy atom. The molecular weight excluding hydrogens is 176 g/mol. The van der Waals surface area contributed by atoms with Crippen molar-refractivity contribution in [3.63, 3.8) is 0 Å². The molecule has 14 heavy (non-hydrogen) atoms. The summed E-state index contributed by atoms with van der Waals surface area (Å²) < 4.78 is 0. The molecule has 1 radical (unpaired) electrons. The van der Waals surface area contributed by atoms with Crippen molar-refractivity contribution < 1.29 is 9.59 Å². The predicted octanol–water partition coefficient (Wildman–Crippen LogP) is 2.83. The van der Waals surface area contributed by atoms with Crippen molar-refractivity contribution in [2.24, 2.45) is 5.41 Å². The van der Waals surface area contributed by atoms with Crippen LogP contribution in [0.1, 0.15) is 46.5 Å². The first-order valence-electron chi connectivity index (χ1n) is 5.18. The highest BCUT2D eigenvalue weighted by atomic mass is 16.1. The van der Waals surface area contributed by atoms with Crippen LogP contribution in [0.5, 0.6) is 0 Å². The largest absolute Gasteiger partial charge is 0.299 e. The first-order valence-corrected chi connectivity index (χ1v) is 5.18. The van der Waals surface area contributed by atoms with Crippen LogP contribution in [0.15, 0.2) is 12.2 Å². The van der Waals surface area contributed by atoms with E-state index in [1.165, 1.54) is 0 Å². The van der Waals surface area contributed by atoms with Crippen LogP contribution < -0.4 is 0 Å². The second-order valence-corrected chi connectivity index (χ2v) is 3.63. The van der Waals surface area contributed by atoms with E-state index in [0.717, 1.165) is 12.8 Å². The Morgan fingerprint density at radius 3 is 2.43 bits per heavy atom. The van der Waals surface area contributed by atoms with Gasteiger partial charge in [0, 0.05) is 6.42 Å². The number of carbonyl (C=O) groups is 1. The molecule has 0 saturated carbocycles. The zero-order valence-corrected chi connectivity index (χ0v) is 9.30. The van der Waals surface area contributed by atoms with Crippen LogP contribution in [0.3, 0.4) is 0 Å². The van der Waals surface area contributed by atoms with Crippen molar-refractivity contribution in [3.05, 3.63) is 12.2 Å². The van der Waals surface area contributed by atoms with Crippen LogP contribution in [-0.4, -0.2) is 12.1 Å². The van der Waals surface area contributed by atoms with E-state index in [-0.39, 0.29) is 5.78 Å². The van der Waals surface area contributed by atoms with Crippen molar-refractivity contribution in [2.45, 2.75) is 46.5 Å². The van der Waals surface area contributed by atoms with Crippen molar-refractivity contribution in [1.82, 2.24) is 0 Å². The Bertz CT molecular complexity index is 218. The molecule has 0 aromatic rings. The maximum atomic E-state index is 11.4. The molecule has 0 saturated heterocycles. The van der Waals surface area contributed by atoms with Crippen LogP contribution in [0, 0.1) is 5.41 Å². The average molecular weight is 195 g/mol. The van der Waals surface area contributed by atoms with E-state index in [9.17, 15) is 9.59 Å². The van der Waals surface area contributed by atoms with Crippen LogP contribution in [0.2, 0.25) is 0 Å². The molecule has 0 N–H and O–H groups in total. The lowest BCUT2D eigenvalue weighted by atomic mass is 9.81. The fraction of sp³-hybridized carbons (Fsp3) is 0.667. The van der Waals surface area contributed by atoms with Gasteiger partial charge in [-0.25, -0.2) is 0 Å². The minimum Gasteiger partial charge on any atom is -0.299 e. The number of ketones is 1. The number of allylic oxidation sites excluding steroid dienone is 2. The van der Waals surface area contributed by atoms with Crippen molar-refractivity contribution >= 4 is 12.1 Å². The fourth-order valence-electron chi connectivity index (χ4n) is 1.29. The molecule has 0 aliphatic rings. The van der Waals surface area contributed by atoms with E-state index in [0.29, 0.717) is 12.8 Å². The molecule has 0 aromatic carbocycles. The van der Waals surface area contributed by atoms with Gasteiger partial charge < -0.3 is 0 Å². The second-order valence-electron chi connectivity index (χ2n) is 3.63. The molecule has 0 aliphatic heterocycles. The molecule has 79 valence electrons. The first-order chi connectivity index (χ1) is 6.60. The Labute approximate surface area is 86.4 Å². The summed E-state index contributed by atoms with van der Waals surface area (Å²) >= 11 is 0. The molecule has 2 nitrogen and oxygen atoms in total. The average Bonchev–Trinajstić information content (AvgIpc) is 2.22. The zero-order chi connectivity index (χ0) is 11.0. The summed E-state index contributed by atoms with van der Waals surface area (Å²) in [5, 5.41) is 0. The third-order valence-corrected chi connectivity index (χ3v) is 2.38. The van der Waals surface area contributed by atoms with Gasteiger partial charge in [0.05, 0.1) is 5.41 Å². The summed E-state index contributed by atoms with van der Waals surface area (Å²) in [6.07, 6.45) is 8.66. The zero-order valence-electron chi connectivity index (χ0n) is 9.30. The molecule has 0 aliphatic carbocycles. The Balaban J connectivity index is 4.19. The number of rotatable bonds is 7. The number of Topliss-reactive ketones (excluding diaryl/α,β-unsaturated/α-hetero) is 1. The third-order valence-electron chi connectivity index (χ3n) is 2.38. The molecule has 2 heteroatoms. The molecule has 1 unspecified atom stereocenters. The van der Waals surface area contributed by atoms with E-state index in [2.05, 4.69) is 6.92 Å². The number of carbonyl (C=O) groups excluding carboxylic acids is 2. The van der Waals surface area contributed by atoms with Crippen molar-refractivity contribution in [2.75, 3.05) is 0 Å². The van der Waals surface area contributed by atoms with Gasteiger partial charge in [0.25, 0.3) is 0 Å². The maximum absolute atomic E-state index is 11.4. The standard InChI is InChI=1S/C12H19O2/c1-4-6-7-8-9-12(3,10-13)11(14)5-2/h6-7H,4-5,8-9H2,1-3H3/b7-6-. The molecular formula is C12H19O2. The highest BCUT2D eigenvalue weighted by Gasteiger charge is 2.31. The van der Waals surface area contributed by atoms with E-state index in [4.69, 9.17) is 0 Å². The molecule has 0 aromatic heterocycles. The van der Waals surface area contributed by atoms with E-state index >= 15 is 0 Å². The molecule has 0 bridgehead atoms. The summed E-state index contributed by atoms with van der Waals surface area (Å²) in [5.41, 5.74) is -0.896. The lowest BCUT2D eigenvalue weighted by Crippen LogP contribution is -2.28. The summed E-state index contributed by atoms with van der Waals surface area (Å²) in [4.78, 5) is 22.2. The molecule has 0 rings (SSSR count). The quantitative estimate of drug-likeness (QED) is 0.462. The smallest absolute Gasteiger partial charge is 0.212 e. The van der Waals surface area contributed by atoms with Crippen LogP contribution in [-0.2, 0) is 9.59 Å². The first kappa shape index (κ1) is 13.1. The van der Waals surface area contributed by atoms with Gasteiger partial charge in [-0.2, -0.15) is 0 Å². The van der Waals surface area contributed by atoms with E-state index < -0.39 is 5.41 Å². The summed E-state index contributed by atoms with van der Waals surface area (Å²) in [5.74, 6) is -0.0163. The summed E-state index contributed by atoms with van der Waals surface area (Å²) in [6.45, 7) is 5.50. The fourth-order valence-corrected chi connectivity index (χ4v) is 1.29. The van der Waals surface area contributed by atoms with Gasteiger partial charge in [-0.1, -0.05) is 26.0 Å². The Morgan fingerprint density at radius 2 is 2.00 bits per heavy atom. The lowest BCUT2D eigenvalue weighted by Gasteiger charge is -2.18. The normalized spacial score (nSPS) is 15.4. The van der Waals surface area contributed by atoms with Gasteiger partial charge in [-0.15, -0.1) is 0 Å². The van der Waals surface area contributed by atoms with Crippen LogP contribution >= 0.6 is 0 Å². The number of hydrogen-bond acceptors (Lipinski definition) is 2. The molecule has 0 heterocycles. The molecule has 0 amide bonds. The van der Waals surface area contributed by atoms with Crippen molar-refractivity contribution in [1.29, 1.82) is 0 Å². The van der Waals surface area contributed by atoms with Gasteiger partial charge in [0.1, 0.15) is 5.78 Å². The van der Waals surface area contributed by atoms with Crippen LogP contribution in [0.4, 0.5) is 0 Å². The Hall–Kier alpha value is -0.920. The highest BCUT2D eigenvalue weighted by Crippen LogP contribution is 2.23. The lowest BCUT2D eigenvalue weighted by molar-refractivity contribution is -0.124. The van der Waals surface area contributed by atoms with Gasteiger partial charge >= 0.3 is 0 Å². The SMILES string of the molecule is CC/C=C\CCC(C)([C]=O)C(=O)CC. The van der Waals surface area contributed by atoms with E-state index in [1.807, 2.05) is 18.4 Å². The predicted molar refractivity (Wildman–Crippen MR) is 57.8 cm³/mol. The third kappa shape index (κ3) is 3.86. The number of hydrogen-bond donors (Lipinski definition) is 0. The topological polar surface area (TPSA) is 34.1 Å². The summed E-state index contributed by atoms with van der Waals surface area (Å²) in [6, 6.07) is 0. The maximum Gasteiger partial charge on any atom is 0.212 e. The minimum atomic E-state index is -0.896. The monoisotopic (exact) mass is 195 g/mol. The van der Waals surface area contributed by atoms with Gasteiger partial charge in [-0.05, 0) is 26.2 Å².